The number of rotatable bonds is 3. The van der Waals surface area contributed by atoms with Crippen LogP contribution >= 0.6 is 23.2 Å². The van der Waals surface area contributed by atoms with Gasteiger partial charge in [0.25, 0.3) is 5.78 Å². The molecule has 0 N–H and O–H groups in total. The van der Waals surface area contributed by atoms with E-state index in [2.05, 4.69) is 20.0 Å². The van der Waals surface area contributed by atoms with Gasteiger partial charge >= 0.3 is 5.97 Å². The van der Waals surface area contributed by atoms with Crippen LogP contribution in [0.1, 0.15) is 21.9 Å². The average molecular weight is 379 g/mol. The molecule has 0 amide bonds. The summed E-state index contributed by atoms with van der Waals surface area (Å²) in [6.07, 6.45) is 0. The van der Waals surface area contributed by atoms with E-state index in [1.165, 1.54) is 4.52 Å². The molecule has 3 aromatic rings. The van der Waals surface area contributed by atoms with Crippen molar-refractivity contribution in [1.29, 1.82) is 0 Å². The predicted molar refractivity (Wildman–Crippen MR) is 92.1 cm³/mol. The van der Waals surface area contributed by atoms with Crippen molar-refractivity contribution in [2.24, 2.45) is 0 Å². The van der Waals surface area contributed by atoms with Gasteiger partial charge in [0, 0.05) is 0 Å². The van der Waals surface area contributed by atoms with Gasteiger partial charge in [0.15, 0.2) is 11.3 Å². The Morgan fingerprint density at radius 1 is 1.12 bits per heavy atom. The maximum Gasteiger partial charge on any atom is 0.381 e. The number of carbonyl (C=O) groups excluding carboxylic acids is 2. The highest BCUT2D eigenvalue weighted by molar-refractivity contribution is 6.42. The van der Waals surface area contributed by atoms with E-state index in [9.17, 15) is 9.59 Å². The zero-order valence-corrected chi connectivity index (χ0v) is 15.0. The Morgan fingerprint density at radius 2 is 1.84 bits per heavy atom. The average Bonchev–Trinajstić information content (AvgIpc) is 2.93. The van der Waals surface area contributed by atoms with Gasteiger partial charge in [-0.05, 0) is 31.5 Å². The van der Waals surface area contributed by atoms with Crippen molar-refractivity contribution in [3.05, 3.63) is 45.3 Å². The molecule has 25 heavy (non-hydrogen) atoms. The fraction of sp³-hybridized carbons (Fsp3) is 0.188. The van der Waals surface area contributed by atoms with Crippen LogP contribution in [0, 0.1) is 13.8 Å². The number of methoxy groups -OCH3 is 1. The number of halogens is 2. The molecule has 0 atom stereocenters. The number of esters is 1. The van der Waals surface area contributed by atoms with E-state index in [4.69, 9.17) is 23.2 Å². The first-order chi connectivity index (χ1) is 11.8. The third kappa shape index (κ3) is 2.85. The summed E-state index contributed by atoms with van der Waals surface area (Å²) < 4.78 is 5.91. The fourth-order valence-electron chi connectivity index (χ4n) is 2.50. The fourth-order valence-corrected chi connectivity index (χ4v) is 2.80. The first-order valence-electron chi connectivity index (χ1n) is 7.15. The summed E-state index contributed by atoms with van der Waals surface area (Å²) in [5.74, 6) is -1.89. The zero-order chi connectivity index (χ0) is 18.3. The van der Waals surface area contributed by atoms with Crippen LogP contribution in [0.3, 0.4) is 0 Å². The molecule has 2 aromatic heterocycles. The molecule has 128 valence electrons. The molecule has 0 saturated carbocycles. The maximum absolute atomic E-state index is 12.0. The summed E-state index contributed by atoms with van der Waals surface area (Å²) in [5.41, 5.74) is 2.86. The van der Waals surface area contributed by atoms with E-state index < -0.39 is 11.8 Å². The van der Waals surface area contributed by atoms with Gasteiger partial charge in [-0.2, -0.15) is 5.10 Å². The van der Waals surface area contributed by atoms with E-state index in [1.54, 1.807) is 32.0 Å². The summed E-state index contributed by atoms with van der Waals surface area (Å²) in [4.78, 5) is 23.5. The second-order valence-electron chi connectivity index (χ2n) is 5.28. The molecule has 0 aliphatic heterocycles. The molecule has 3 rings (SSSR count). The molecule has 2 heterocycles. The third-order valence-corrected chi connectivity index (χ3v) is 4.47. The molecule has 0 fully saturated rings. The van der Waals surface area contributed by atoms with Gasteiger partial charge in [-0.3, -0.25) is 4.79 Å². The normalized spacial score (nSPS) is 10.9. The summed E-state index contributed by atoms with van der Waals surface area (Å²) in [7, 11) is 1.13. The summed E-state index contributed by atoms with van der Waals surface area (Å²) >= 11 is 12.1. The number of hydrogen-bond acceptors (Lipinski definition) is 6. The number of aromatic nitrogens is 4. The van der Waals surface area contributed by atoms with Crippen LogP contribution in [0.4, 0.5) is 0 Å². The standard InChI is InChI=1S/C16H12Cl2N4O3/c1-7-12(9-4-5-10(17)11(18)6-9)15-20-19-13(8(2)22(15)21-7)14(23)16(24)25-3/h4-6H,1-3H3. The van der Waals surface area contributed by atoms with E-state index >= 15 is 0 Å². The molecule has 0 aliphatic rings. The van der Waals surface area contributed by atoms with Crippen molar-refractivity contribution in [3.8, 4) is 11.1 Å². The van der Waals surface area contributed by atoms with Gasteiger partial charge in [-0.15, -0.1) is 10.2 Å². The van der Waals surface area contributed by atoms with E-state index in [1.807, 2.05) is 0 Å². The summed E-state index contributed by atoms with van der Waals surface area (Å²) in [5, 5.41) is 13.2. The number of Topliss-reactive ketones (excluding diaryl/α,β-unsaturated/α-hetero) is 1. The third-order valence-electron chi connectivity index (χ3n) is 3.74. The molecule has 1 aromatic carbocycles. The Balaban J connectivity index is 2.22. The summed E-state index contributed by atoms with van der Waals surface area (Å²) in [6, 6.07) is 5.18. The first-order valence-corrected chi connectivity index (χ1v) is 7.91. The van der Waals surface area contributed by atoms with Gasteiger partial charge < -0.3 is 4.74 Å². The minimum absolute atomic E-state index is 0.109. The Labute approximate surface area is 152 Å². The predicted octanol–water partition coefficient (Wildman–Crippen LogP) is 3.07. The number of fused-ring (bicyclic) bond motifs is 1. The number of ether oxygens (including phenoxy) is 1. The lowest BCUT2D eigenvalue weighted by Gasteiger charge is -2.05. The number of aryl methyl sites for hydroxylation is 2. The highest BCUT2D eigenvalue weighted by atomic mass is 35.5. The van der Waals surface area contributed by atoms with Gasteiger partial charge in [0.1, 0.15) is 0 Å². The Bertz CT molecular complexity index is 1030. The minimum Gasteiger partial charge on any atom is -0.463 e. The number of benzene rings is 1. The van der Waals surface area contributed by atoms with Crippen LogP contribution in [0.5, 0.6) is 0 Å². The largest absolute Gasteiger partial charge is 0.463 e. The first kappa shape index (κ1) is 17.3. The SMILES string of the molecule is COC(=O)C(=O)c1nnc2c(-c3ccc(Cl)c(Cl)c3)c(C)nn2c1C. The molecular weight excluding hydrogens is 367 g/mol. The highest BCUT2D eigenvalue weighted by Crippen LogP contribution is 2.32. The molecule has 9 heteroatoms. The molecule has 0 saturated heterocycles. The van der Waals surface area contributed by atoms with E-state index in [0.717, 1.165) is 12.7 Å². The minimum atomic E-state index is -1.01. The molecule has 0 radical (unpaired) electrons. The lowest BCUT2D eigenvalue weighted by Crippen LogP contribution is -2.20. The molecule has 0 spiro atoms. The number of nitrogens with zero attached hydrogens (tertiary/aromatic N) is 4. The van der Waals surface area contributed by atoms with Crippen molar-refractivity contribution in [2.45, 2.75) is 13.8 Å². The van der Waals surface area contributed by atoms with Crippen LogP contribution < -0.4 is 0 Å². The van der Waals surface area contributed by atoms with E-state index in [0.29, 0.717) is 32.6 Å². The van der Waals surface area contributed by atoms with Gasteiger partial charge in [-0.25, -0.2) is 9.31 Å². The summed E-state index contributed by atoms with van der Waals surface area (Å²) in [6.45, 7) is 3.43. The highest BCUT2D eigenvalue weighted by Gasteiger charge is 2.25. The van der Waals surface area contributed by atoms with Gasteiger partial charge in [-0.1, -0.05) is 29.3 Å². The van der Waals surface area contributed by atoms with Crippen LogP contribution in [0.25, 0.3) is 16.8 Å². The number of hydrogen-bond donors (Lipinski definition) is 0. The van der Waals surface area contributed by atoms with Crippen LogP contribution in [-0.2, 0) is 9.53 Å². The topological polar surface area (TPSA) is 86.5 Å². The quantitative estimate of drug-likeness (QED) is 0.395. The second kappa shape index (κ2) is 6.42. The molecule has 0 bridgehead atoms. The van der Waals surface area contributed by atoms with Gasteiger partial charge in [0.2, 0.25) is 0 Å². The Hall–Kier alpha value is -2.51. The van der Waals surface area contributed by atoms with Crippen LogP contribution in [-0.4, -0.2) is 38.7 Å². The van der Waals surface area contributed by atoms with E-state index in [-0.39, 0.29) is 5.69 Å². The monoisotopic (exact) mass is 378 g/mol. The lowest BCUT2D eigenvalue weighted by atomic mass is 10.1. The van der Waals surface area contributed by atoms with Crippen LogP contribution in [0.2, 0.25) is 10.0 Å². The lowest BCUT2D eigenvalue weighted by molar-refractivity contribution is -0.135. The zero-order valence-electron chi connectivity index (χ0n) is 13.5. The molecule has 0 unspecified atom stereocenters. The van der Waals surface area contributed by atoms with Crippen LogP contribution in [0.15, 0.2) is 18.2 Å². The van der Waals surface area contributed by atoms with Crippen molar-refractivity contribution in [2.75, 3.05) is 7.11 Å². The number of carbonyl (C=O) groups is 2. The number of ketones is 1. The smallest absolute Gasteiger partial charge is 0.381 e. The van der Waals surface area contributed by atoms with Gasteiger partial charge in [0.05, 0.1) is 34.1 Å². The molecule has 0 aliphatic carbocycles. The Morgan fingerprint density at radius 3 is 2.48 bits per heavy atom. The van der Waals surface area contributed by atoms with Crippen molar-refractivity contribution < 1.29 is 14.3 Å². The molecule has 7 nitrogen and oxygen atoms in total. The van der Waals surface area contributed by atoms with Crippen molar-refractivity contribution >= 4 is 40.6 Å². The maximum atomic E-state index is 12.0. The molecular formula is C16H12Cl2N4O3. The second-order valence-corrected chi connectivity index (χ2v) is 6.09. The Kier molecular flexibility index (Phi) is 4.45. The van der Waals surface area contributed by atoms with Crippen molar-refractivity contribution in [1.82, 2.24) is 19.8 Å². The van der Waals surface area contributed by atoms with Crippen molar-refractivity contribution in [3.63, 3.8) is 0 Å².